The number of carbonyl (C=O) groups excluding carboxylic acids is 1. The summed E-state index contributed by atoms with van der Waals surface area (Å²) in [5.74, 6) is -1.32. The highest BCUT2D eigenvalue weighted by molar-refractivity contribution is 5.69. The Labute approximate surface area is 135 Å². The lowest BCUT2D eigenvalue weighted by molar-refractivity contribution is -0.528. The van der Waals surface area contributed by atoms with Crippen molar-refractivity contribution in [2.75, 3.05) is 7.11 Å². The summed E-state index contributed by atoms with van der Waals surface area (Å²) in [4.78, 5) is 22.9. The van der Waals surface area contributed by atoms with Gasteiger partial charge >= 0.3 is 5.97 Å². The zero-order chi connectivity index (χ0) is 16.8. The molecule has 23 heavy (non-hydrogen) atoms. The van der Waals surface area contributed by atoms with E-state index in [1.807, 2.05) is 30.3 Å². The van der Waals surface area contributed by atoms with Crippen molar-refractivity contribution < 1.29 is 19.6 Å². The molecule has 0 saturated heterocycles. The molecule has 0 unspecified atom stereocenters. The summed E-state index contributed by atoms with van der Waals surface area (Å²) in [6.45, 7) is 0. The van der Waals surface area contributed by atoms with E-state index in [2.05, 4.69) is 4.74 Å². The maximum atomic E-state index is 11.6. The molecule has 0 bridgehead atoms. The predicted molar refractivity (Wildman–Crippen MR) is 84.6 cm³/mol. The van der Waals surface area contributed by atoms with Gasteiger partial charge in [0.1, 0.15) is 6.42 Å². The number of carbonyl (C=O) groups is 1. The number of hydrogen-bond donors (Lipinski definition) is 1. The lowest BCUT2D eigenvalue weighted by atomic mass is 9.71. The van der Waals surface area contributed by atoms with Gasteiger partial charge in [0.25, 0.3) is 0 Å². The van der Waals surface area contributed by atoms with E-state index >= 15 is 0 Å². The van der Waals surface area contributed by atoms with Gasteiger partial charge in [0.05, 0.1) is 19.1 Å². The Morgan fingerprint density at radius 1 is 1.35 bits per heavy atom. The largest absolute Gasteiger partial charge is 0.469 e. The molecule has 1 aromatic rings. The third-order valence-corrected chi connectivity index (χ3v) is 4.72. The number of aliphatic hydroxyl groups excluding tert-OH is 1. The van der Waals surface area contributed by atoms with Gasteiger partial charge in [0, 0.05) is 4.92 Å². The molecule has 0 heterocycles. The summed E-state index contributed by atoms with van der Waals surface area (Å²) < 4.78 is 4.63. The van der Waals surface area contributed by atoms with Crippen molar-refractivity contribution >= 4 is 5.97 Å². The van der Waals surface area contributed by atoms with Crippen molar-refractivity contribution in [3.63, 3.8) is 0 Å². The maximum Gasteiger partial charge on any atom is 0.312 e. The van der Waals surface area contributed by atoms with E-state index in [4.69, 9.17) is 0 Å². The molecule has 4 atom stereocenters. The Hall–Kier alpha value is -1.95. The molecule has 0 aliphatic heterocycles. The molecule has 0 aromatic heterocycles. The van der Waals surface area contributed by atoms with E-state index in [1.165, 1.54) is 7.11 Å². The number of rotatable bonds is 6. The second kappa shape index (κ2) is 8.06. The molecular weight excluding hydrogens is 298 g/mol. The summed E-state index contributed by atoms with van der Waals surface area (Å²) in [7, 11) is 1.23. The van der Waals surface area contributed by atoms with Gasteiger partial charge in [-0.3, -0.25) is 14.9 Å². The fourth-order valence-corrected chi connectivity index (χ4v) is 3.58. The highest BCUT2D eigenvalue weighted by Gasteiger charge is 2.43. The Bertz CT molecular complexity index is 533. The quantitative estimate of drug-likeness (QED) is 0.494. The molecule has 1 N–H and O–H groups in total. The number of benzene rings is 1. The molecule has 1 aromatic carbocycles. The van der Waals surface area contributed by atoms with E-state index in [-0.39, 0.29) is 12.3 Å². The SMILES string of the molecule is COC(=O)C[C@H]([C@H](c1ccccc1)[C@@H]1CCCC[C@@H]1O)[N+](=O)[O-]. The third-order valence-electron chi connectivity index (χ3n) is 4.72. The van der Waals surface area contributed by atoms with Crippen molar-refractivity contribution in [3.05, 3.63) is 46.0 Å². The summed E-state index contributed by atoms with van der Waals surface area (Å²) in [6, 6.07) is 8.07. The monoisotopic (exact) mass is 321 g/mol. The fourth-order valence-electron chi connectivity index (χ4n) is 3.58. The predicted octanol–water partition coefficient (Wildman–Crippen LogP) is 2.53. The molecule has 1 fully saturated rings. The van der Waals surface area contributed by atoms with Crippen LogP contribution in [0.25, 0.3) is 0 Å². The standard InChI is InChI=1S/C17H23NO5/c1-23-16(20)11-14(18(21)22)17(12-7-3-2-4-8-12)13-9-5-6-10-15(13)19/h2-4,7-8,13-15,17,19H,5-6,9-11H2,1H3/t13-,14-,15+,17-/m1/s1. The third kappa shape index (κ3) is 4.28. The van der Waals surface area contributed by atoms with Gasteiger partial charge in [-0.25, -0.2) is 0 Å². The molecule has 2 rings (SSSR count). The summed E-state index contributed by atoms with van der Waals surface area (Å²) in [5, 5.41) is 22.0. The highest BCUT2D eigenvalue weighted by atomic mass is 16.6. The van der Waals surface area contributed by atoms with Crippen molar-refractivity contribution in [2.45, 2.75) is 50.2 Å². The number of nitro groups is 1. The first-order chi connectivity index (χ1) is 11.0. The van der Waals surface area contributed by atoms with Crippen LogP contribution in [0.2, 0.25) is 0 Å². The van der Waals surface area contributed by atoms with Crippen LogP contribution in [0.4, 0.5) is 0 Å². The highest BCUT2D eigenvalue weighted by Crippen LogP contribution is 2.40. The molecule has 1 saturated carbocycles. The zero-order valence-electron chi connectivity index (χ0n) is 13.3. The summed E-state index contributed by atoms with van der Waals surface area (Å²) in [5.41, 5.74) is 0.795. The van der Waals surface area contributed by atoms with Gasteiger partial charge in [-0.15, -0.1) is 0 Å². The average molecular weight is 321 g/mol. The fraction of sp³-hybridized carbons (Fsp3) is 0.588. The van der Waals surface area contributed by atoms with Crippen LogP contribution in [0.15, 0.2) is 30.3 Å². The minimum Gasteiger partial charge on any atom is -0.469 e. The van der Waals surface area contributed by atoms with Crippen molar-refractivity contribution in [2.24, 2.45) is 5.92 Å². The molecule has 0 spiro atoms. The normalized spacial score (nSPS) is 23.7. The van der Waals surface area contributed by atoms with Gasteiger partial charge in [-0.1, -0.05) is 43.2 Å². The van der Waals surface area contributed by atoms with Gasteiger partial charge < -0.3 is 9.84 Å². The van der Waals surface area contributed by atoms with E-state index < -0.39 is 29.0 Å². The van der Waals surface area contributed by atoms with Crippen LogP contribution >= 0.6 is 0 Å². The van der Waals surface area contributed by atoms with Crippen LogP contribution in [0.1, 0.15) is 43.6 Å². The van der Waals surface area contributed by atoms with Gasteiger partial charge in [0.2, 0.25) is 6.04 Å². The van der Waals surface area contributed by atoms with Gasteiger partial charge in [-0.05, 0) is 24.3 Å². The molecule has 126 valence electrons. The second-order valence-corrected chi connectivity index (χ2v) is 6.09. The number of aliphatic hydroxyl groups is 1. The smallest absolute Gasteiger partial charge is 0.312 e. The van der Waals surface area contributed by atoms with E-state index in [0.717, 1.165) is 24.8 Å². The van der Waals surface area contributed by atoms with Crippen LogP contribution in [-0.4, -0.2) is 35.3 Å². The van der Waals surface area contributed by atoms with E-state index in [1.54, 1.807) is 0 Å². The maximum absolute atomic E-state index is 11.6. The van der Waals surface area contributed by atoms with Crippen LogP contribution in [0, 0.1) is 16.0 Å². The van der Waals surface area contributed by atoms with E-state index in [0.29, 0.717) is 6.42 Å². The van der Waals surface area contributed by atoms with Gasteiger partial charge in [-0.2, -0.15) is 0 Å². The van der Waals surface area contributed by atoms with Gasteiger partial charge in [0.15, 0.2) is 0 Å². The average Bonchev–Trinajstić information content (AvgIpc) is 2.56. The van der Waals surface area contributed by atoms with Crippen molar-refractivity contribution in [3.8, 4) is 0 Å². The number of ether oxygens (including phenoxy) is 1. The molecule has 1 aliphatic rings. The first-order valence-corrected chi connectivity index (χ1v) is 7.98. The van der Waals surface area contributed by atoms with Crippen LogP contribution in [-0.2, 0) is 9.53 Å². The number of hydrogen-bond acceptors (Lipinski definition) is 5. The van der Waals surface area contributed by atoms with Crippen molar-refractivity contribution in [1.82, 2.24) is 0 Å². The van der Waals surface area contributed by atoms with Crippen LogP contribution in [0.5, 0.6) is 0 Å². The second-order valence-electron chi connectivity index (χ2n) is 6.09. The molecule has 0 amide bonds. The molecular formula is C17H23NO5. The zero-order valence-corrected chi connectivity index (χ0v) is 13.3. The Balaban J connectivity index is 2.38. The Morgan fingerprint density at radius 2 is 2.00 bits per heavy atom. The first-order valence-electron chi connectivity index (χ1n) is 7.98. The molecule has 6 heteroatoms. The number of nitrogens with zero attached hydrogens (tertiary/aromatic N) is 1. The van der Waals surface area contributed by atoms with Crippen LogP contribution in [0.3, 0.4) is 0 Å². The minimum atomic E-state index is -1.09. The van der Waals surface area contributed by atoms with E-state index in [9.17, 15) is 20.0 Å². The lowest BCUT2D eigenvalue weighted by Crippen LogP contribution is -2.40. The summed E-state index contributed by atoms with van der Waals surface area (Å²) in [6.07, 6.45) is 2.39. The number of esters is 1. The van der Waals surface area contributed by atoms with Crippen molar-refractivity contribution in [1.29, 1.82) is 0 Å². The molecule has 1 aliphatic carbocycles. The minimum absolute atomic E-state index is 0.216. The molecule has 0 radical (unpaired) electrons. The first kappa shape index (κ1) is 17.4. The summed E-state index contributed by atoms with van der Waals surface area (Å²) >= 11 is 0. The Kier molecular flexibility index (Phi) is 6.10. The topological polar surface area (TPSA) is 89.7 Å². The van der Waals surface area contributed by atoms with Crippen LogP contribution < -0.4 is 0 Å². The lowest BCUT2D eigenvalue weighted by Gasteiger charge is -2.35. The Morgan fingerprint density at radius 3 is 2.57 bits per heavy atom. The molecule has 6 nitrogen and oxygen atoms in total. The number of methoxy groups -OCH3 is 1.